The van der Waals surface area contributed by atoms with E-state index in [1.165, 1.54) is 44.9 Å². The number of hydrogen-bond donors (Lipinski definition) is 1. The van der Waals surface area contributed by atoms with Gasteiger partial charge < -0.3 is 10.3 Å². The van der Waals surface area contributed by atoms with E-state index in [4.69, 9.17) is 10.3 Å². The van der Waals surface area contributed by atoms with E-state index in [0.717, 1.165) is 18.7 Å². The summed E-state index contributed by atoms with van der Waals surface area (Å²) in [7, 11) is 0. The summed E-state index contributed by atoms with van der Waals surface area (Å²) >= 11 is 0. The summed E-state index contributed by atoms with van der Waals surface area (Å²) in [6, 6.07) is -0.0928. The predicted octanol–water partition coefficient (Wildman–Crippen LogP) is 3.70. The van der Waals surface area contributed by atoms with Crippen LogP contribution in [0.25, 0.3) is 0 Å². The van der Waals surface area contributed by atoms with Gasteiger partial charge in [0.15, 0.2) is 5.82 Å². The molecule has 1 aliphatic carbocycles. The topological polar surface area (TPSA) is 64.9 Å². The van der Waals surface area contributed by atoms with Crippen molar-refractivity contribution in [2.45, 2.75) is 76.7 Å². The van der Waals surface area contributed by atoms with E-state index < -0.39 is 0 Å². The summed E-state index contributed by atoms with van der Waals surface area (Å²) in [6.07, 6.45) is 11.0. The highest BCUT2D eigenvalue weighted by atomic mass is 16.5. The molecule has 1 aliphatic rings. The van der Waals surface area contributed by atoms with E-state index in [1.54, 1.807) is 0 Å². The maximum absolute atomic E-state index is 6.01. The van der Waals surface area contributed by atoms with E-state index in [-0.39, 0.29) is 6.04 Å². The molecule has 0 amide bonds. The monoisotopic (exact) mass is 251 g/mol. The van der Waals surface area contributed by atoms with E-state index in [1.807, 2.05) is 0 Å². The van der Waals surface area contributed by atoms with Crippen LogP contribution in [0.15, 0.2) is 4.52 Å². The van der Waals surface area contributed by atoms with Gasteiger partial charge in [-0.25, -0.2) is 0 Å². The number of rotatable bonds is 4. The van der Waals surface area contributed by atoms with Crippen LogP contribution >= 0.6 is 0 Å². The van der Waals surface area contributed by atoms with Gasteiger partial charge in [-0.15, -0.1) is 0 Å². The molecule has 4 nitrogen and oxygen atoms in total. The van der Waals surface area contributed by atoms with Crippen LogP contribution in [-0.4, -0.2) is 10.1 Å². The lowest BCUT2D eigenvalue weighted by Gasteiger charge is -2.15. The lowest BCUT2D eigenvalue weighted by Crippen LogP contribution is -2.10. The van der Waals surface area contributed by atoms with Gasteiger partial charge in [0.25, 0.3) is 0 Å². The van der Waals surface area contributed by atoms with Crippen LogP contribution in [0.3, 0.4) is 0 Å². The summed E-state index contributed by atoms with van der Waals surface area (Å²) in [6.45, 7) is 2.12. The molecule has 2 N–H and O–H groups in total. The fraction of sp³-hybridized carbons (Fsp3) is 0.857. The number of hydrogen-bond acceptors (Lipinski definition) is 4. The van der Waals surface area contributed by atoms with Crippen LogP contribution in [0.2, 0.25) is 0 Å². The molecular weight excluding hydrogens is 226 g/mol. The highest BCUT2D eigenvalue weighted by Crippen LogP contribution is 2.29. The Labute approximate surface area is 109 Å². The maximum Gasteiger partial charge on any atom is 0.243 e. The summed E-state index contributed by atoms with van der Waals surface area (Å²) in [5.41, 5.74) is 6.01. The summed E-state index contributed by atoms with van der Waals surface area (Å²) < 4.78 is 5.32. The molecular formula is C14H25N3O. The molecule has 1 atom stereocenters. The number of nitrogens with two attached hydrogens (primary N) is 1. The molecule has 1 aromatic rings. The standard InChI is InChI=1S/C14H25N3O/c1-2-8-12(15)14-16-13(17-18-14)11-9-6-4-3-5-7-10-11/h11-12H,2-10,15H2,1H3/t12-/m0/s1. The van der Waals surface area contributed by atoms with Gasteiger partial charge in [0.1, 0.15) is 0 Å². The van der Waals surface area contributed by atoms with E-state index in [9.17, 15) is 0 Å². The van der Waals surface area contributed by atoms with Crippen molar-refractivity contribution >= 4 is 0 Å². The average Bonchev–Trinajstić information content (AvgIpc) is 2.78. The van der Waals surface area contributed by atoms with Crippen molar-refractivity contribution < 1.29 is 4.52 Å². The zero-order chi connectivity index (χ0) is 12.8. The molecule has 1 saturated carbocycles. The molecule has 0 spiro atoms. The minimum atomic E-state index is -0.0928. The molecule has 0 unspecified atom stereocenters. The molecule has 4 heteroatoms. The fourth-order valence-corrected chi connectivity index (χ4v) is 2.71. The second-order valence-corrected chi connectivity index (χ2v) is 5.43. The van der Waals surface area contributed by atoms with Gasteiger partial charge >= 0.3 is 0 Å². The van der Waals surface area contributed by atoms with Crippen LogP contribution < -0.4 is 5.73 Å². The molecule has 2 rings (SSSR count). The maximum atomic E-state index is 6.01. The predicted molar refractivity (Wildman–Crippen MR) is 71.2 cm³/mol. The summed E-state index contributed by atoms with van der Waals surface area (Å²) in [5, 5.41) is 4.15. The van der Waals surface area contributed by atoms with Gasteiger partial charge in [0.05, 0.1) is 6.04 Å². The van der Waals surface area contributed by atoms with Crippen molar-refractivity contribution in [2.24, 2.45) is 5.73 Å². The summed E-state index contributed by atoms with van der Waals surface area (Å²) in [4.78, 5) is 4.52. The third-order valence-electron chi connectivity index (χ3n) is 3.84. The second-order valence-electron chi connectivity index (χ2n) is 5.43. The largest absolute Gasteiger partial charge is 0.338 e. The van der Waals surface area contributed by atoms with Crippen molar-refractivity contribution in [3.8, 4) is 0 Å². The summed E-state index contributed by atoms with van der Waals surface area (Å²) in [5.74, 6) is 1.99. The molecule has 1 heterocycles. The van der Waals surface area contributed by atoms with Crippen molar-refractivity contribution in [1.82, 2.24) is 10.1 Å². The Kier molecular flexibility index (Phi) is 5.17. The number of aromatic nitrogens is 2. The highest BCUT2D eigenvalue weighted by molar-refractivity contribution is 4.98. The molecule has 18 heavy (non-hydrogen) atoms. The normalized spacial score (nSPS) is 20.3. The van der Waals surface area contributed by atoms with Crippen LogP contribution in [0.5, 0.6) is 0 Å². The molecule has 102 valence electrons. The van der Waals surface area contributed by atoms with Gasteiger partial charge in [-0.3, -0.25) is 0 Å². The van der Waals surface area contributed by atoms with Crippen LogP contribution in [-0.2, 0) is 0 Å². The van der Waals surface area contributed by atoms with Crippen molar-refractivity contribution in [1.29, 1.82) is 0 Å². The van der Waals surface area contributed by atoms with Crippen molar-refractivity contribution in [3.05, 3.63) is 11.7 Å². The van der Waals surface area contributed by atoms with Crippen molar-refractivity contribution in [2.75, 3.05) is 0 Å². The third-order valence-corrected chi connectivity index (χ3v) is 3.84. The van der Waals surface area contributed by atoms with Gasteiger partial charge in [-0.05, 0) is 19.3 Å². The fourth-order valence-electron chi connectivity index (χ4n) is 2.71. The Balaban J connectivity index is 1.98. The number of nitrogens with zero attached hydrogens (tertiary/aromatic N) is 2. The first kappa shape index (κ1) is 13.5. The lowest BCUT2D eigenvalue weighted by molar-refractivity contribution is 0.338. The Bertz CT molecular complexity index is 343. The Morgan fingerprint density at radius 2 is 1.89 bits per heavy atom. The molecule has 0 radical (unpaired) electrons. The van der Waals surface area contributed by atoms with Gasteiger partial charge in [0.2, 0.25) is 5.89 Å². The average molecular weight is 251 g/mol. The molecule has 0 aromatic carbocycles. The highest BCUT2D eigenvalue weighted by Gasteiger charge is 2.21. The first-order valence-electron chi connectivity index (χ1n) is 7.40. The first-order chi connectivity index (χ1) is 8.81. The van der Waals surface area contributed by atoms with Crippen LogP contribution in [0.4, 0.5) is 0 Å². The zero-order valence-corrected chi connectivity index (χ0v) is 11.4. The quantitative estimate of drug-likeness (QED) is 0.886. The Hall–Kier alpha value is -0.900. The second kappa shape index (κ2) is 6.88. The van der Waals surface area contributed by atoms with Crippen LogP contribution in [0, 0.1) is 0 Å². The van der Waals surface area contributed by atoms with Crippen LogP contribution in [0.1, 0.15) is 88.4 Å². The Morgan fingerprint density at radius 3 is 2.56 bits per heavy atom. The Morgan fingerprint density at radius 1 is 1.22 bits per heavy atom. The first-order valence-corrected chi connectivity index (χ1v) is 7.40. The molecule has 0 aliphatic heterocycles. The molecule has 1 aromatic heterocycles. The van der Waals surface area contributed by atoms with Gasteiger partial charge in [-0.1, -0.05) is 50.6 Å². The lowest BCUT2D eigenvalue weighted by atomic mass is 9.91. The minimum Gasteiger partial charge on any atom is -0.338 e. The smallest absolute Gasteiger partial charge is 0.243 e. The van der Waals surface area contributed by atoms with E-state index in [2.05, 4.69) is 17.1 Å². The van der Waals surface area contributed by atoms with Gasteiger partial charge in [0, 0.05) is 5.92 Å². The SMILES string of the molecule is CCC[C@H](N)c1nc(C2CCCCCCC2)no1. The van der Waals surface area contributed by atoms with E-state index >= 15 is 0 Å². The third kappa shape index (κ3) is 3.55. The molecule has 1 fully saturated rings. The van der Waals surface area contributed by atoms with Crippen molar-refractivity contribution in [3.63, 3.8) is 0 Å². The molecule has 0 bridgehead atoms. The molecule has 0 saturated heterocycles. The zero-order valence-electron chi connectivity index (χ0n) is 11.4. The minimum absolute atomic E-state index is 0.0928. The van der Waals surface area contributed by atoms with Gasteiger partial charge in [-0.2, -0.15) is 4.98 Å². The van der Waals surface area contributed by atoms with E-state index in [0.29, 0.717) is 11.8 Å².